The second kappa shape index (κ2) is 4.42. The van der Waals surface area contributed by atoms with Gasteiger partial charge in [-0.25, -0.2) is 0 Å². The Kier molecular flexibility index (Phi) is 2.98. The highest BCUT2D eigenvalue weighted by Crippen LogP contribution is 2.10. The fourth-order valence-electron chi connectivity index (χ4n) is 1.94. The summed E-state index contributed by atoms with van der Waals surface area (Å²) < 4.78 is 2.01. The summed E-state index contributed by atoms with van der Waals surface area (Å²) in [7, 11) is 0. The predicted molar refractivity (Wildman–Crippen MR) is 52.5 cm³/mol. The molecule has 3 nitrogen and oxygen atoms in total. The zero-order chi connectivity index (χ0) is 8.93. The first-order chi connectivity index (χ1) is 6.45. The molecule has 1 aromatic rings. The van der Waals surface area contributed by atoms with E-state index in [-0.39, 0.29) is 0 Å². The highest BCUT2D eigenvalue weighted by molar-refractivity contribution is 4.78. The zero-order valence-electron chi connectivity index (χ0n) is 7.95. The summed E-state index contributed by atoms with van der Waals surface area (Å²) in [6.45, 7) is 2.28. The SMILES string of the molecule is c1cnn(CCCC2CCCN2)c1. The van der Waals surface area contributed by atoms with Crippen molar-refractivity contribution in [1.29, 1.82) is 0 Å². The number of aromatic nitrogens is 2. The van der Waals surface area contributed by atoms with Gasteiger partial charge in [-0.1, -0.05) is 0 Å². The first-order valence-corrected chi connectivity index (χ1v) is 5.16. The van der Waals surface area contributed by atoms with Gasteiger partial charge in [0, 0.05) is 25.0 Å². The molecule has 0 aliphatic carbocycles. The maximum atomic E-state index is 4.18. The molecule has 1 saturated heterocycles. The van der Waals surface area contributed by atoms with E-state index >= 15 is 0 Å². The van der Waals surface area contributed by atoms with E-state index in [2.05, 4.69) is 10.4 Å². The van der Waals surface area contributed by atoms with Crippen LogP contribution >= 0.6 is 0 Å². The van der Waals surface area contributed by atoms with E-state index in [4.69, 9.17) is 0 Å². The third-order valence-electron chi connectivity index (χ3n) is 2.66. The molecule has 0 radical (unpaired) electrons. The molecular weight excluding hydrogens is 162 g/mol. The molecule has 3 heteroatoms. The summed E-state index contributed by atoms with van der Waals surface area (Å²) >= 11 is 0. The molecule has 0 bridgehead atoms. The van der Waals surface area contributed by atoms with Gasteiger partial charge >= 0.3 is 0 Å². The number of aryl methyl sites for hydroxylation is 1. The first kappa shape index (κ1) is 8.75. The van der Waals surface area contributed by atoms with Gasteiger partial charge in [0.2, 0.25) is 0 Å². The minimum atomic E-state index is 0.774. The van der Waals surface area contributed by atoms with Crippen LogP contribution in [0.1, 0.15) is 25.7 Å². The summed E-state index contributed by atoms with van der Waals surface area (Å²) in [5.41, 5.74) is 0. The van der Waals surface area contributed by atoms with Crippen LogP contribution in [0.2, 0.25) is 0 Å². The Hall–Kier alpha value is -0.830. The minimum absolute atomic E-state index is 0.774. The summed E-state index contributed by atoms with van der Waals surface area (Å²) in [4.78, 5) is 0. The van der Waals surface area contributed by atoms with Gasteiger partial charge in [-0.15, -0.1) is 0 Å². The summed E-state index contributed by atoms with van der Waals surface area (Å²) in [6, 6.07) is 2.75. The molecular formula is C10H17N3. The molecule has 72 valence electrons. The molecule has 13 heavy (non-hydrogen) atoms. The van der Waals surface area contributed by atoms with Crippen LogP contribution in [0.3, 0.4) is 0 Å². The maximum absolute atomic E-state index is 4.18. The van der Waals surface area contributed by atoms with Gasteiger partial charge in [0.1, 0.15) is 0 Å². The summed E-state index contributed by atoms with van der Waals surface area (Å²) in [5, 5.41) is 7.68. The summed E-state index contributed by atoms with van der Waals surface area (Å²) in [5.74, 6) is 0. The highest BCUT2D eigenvalue weighted by atomic mass is 15.3. The third-order valence-corrected chi connectivity index (χ3v) is 2.66. The lowest BCUT2D eigenvalue weighted by molar-refractivity contribution is 0.484. The molecule has 2 heterocycles. The van der Waals surface area contributed by atoms with Crippen LogP contribution < -0.4 is 5.32 Å². The monoisotopic (exact) mass is 179 g/mol. The van der Waals surface area contributed by atoms with Crippen LogP contribution in [0.25, 0.3) is 0 Å². The molecule has 0 saturated carbocycles. The van der Waals surface area contributed by atoms with E-state index < -0.39 is 0 Å². The van der Waals surface area contributed by atoms with E-state index in [9.17, 15) is 0 Å². The lowest BCUT2D eigenvalue weighted by atomic mass is 10.1. The maximum Gasteiger partial charge on any atom is 0.0489 e. The van der Waals surface area contributed by atoms with Gasteiger partial charge in [0.05, 0.1) is 0 Å². The van der Waals surface area contributed by atoms with Crippen molar-refractivity contribution in [3.05, 3.63) is 18.5 Å². The highest BCUT2D eigenvalue weighted by Gasteiger charge is 2.12. The van der Waals surface area contributed by atoms with Crippen LogP contribution in [0.5, 0.6) is 0 Å². The minimum Gasteiger partial charge on any atom is -0.314 e. The van der Waals surface area contributed by atoms with Crippen molar-refractivity contribution in [3.63, 3.8) is 0 Å². The van der Waals surface area contributed by atoms with Crippen molar-refractivity contribution in [2.75, 3.05) is 6.54 Å². The lowest BCUT2D eigenvalue weighted by Gasteiger charge is -2.09. The molecule has 1 fully saturated rings. The van der Waals surface area contributed by atoms with Crippen LogP contribution in [0.4, 0.5) is 0 Å². The van der Waals surface area contributed by atoms with Gasteiger partial charge in [0.25, 0.3) is 0 Å². The van der Waals surface area contributed by atoms with E-state index in [0.29, 0.717) is 0 Å². The van der Waals surface area contributed by atoms with Gasteiger partial charge in [0.15, 0.2) is 0 Å². The Balaban J connectivity index is 1.63. The standard InChI is InChI=1S/C10H17N3/c1-4-10(11-6-1)5-2-8-13-9-3-7-12-13/h3,7,9-11H,1-2,4-6,8H2. The third kappa shape index (κ3) is 2.56. The van der Waals surface area contributed by atoms with Crippen molar-refractivity contribution >= 4 is 0 Å². The summed E-state index contributed by atoms with van der Waals surface area (Å²) in [6.07, 6.45) is 9.11. The second-order valence-electron chi connectivity index (χ2n) is 3.70. The Labute approximate surface area is 79.1 Å². The normalized spacial score (nSPS) is 22.3. The molecule has 1 atom stereocenters. The average Bonchev–Trinajstić information content (AvgIpc) is 2.75. The van der Waals surface area contributed by atoms with Crippen molar-refractivity contribution in [1.82, 2.24) is 15.1 Å². The Morgan fingerprint density at radius 2 is 2.54 bits per heavy atom. The fraction of sp³-hybridized carbons (Fsp3) is 0.700. The molecule has 1 aliphatic rings. The van der Waals surface area contributed by atoms with E-state index in [1.165, 1.54) is 32.2 Å². The molecule has 0 amide bonds. The van der Waals surface area contributed by atoms with Crippen molar-refractivity contribution in [2.24, 2.45) is 0 Å². The smallest absolute Gasteiger partial charge is 0.0489 e. The Bertz CT molecular complexity index is 224. The molecule has 1 unspecified atom stereocenters. The van der Waals surface area contributed by atoms with Crippen molar-refractivity contribution in [3.8, 4) is 0 Å². The average molecular weight is 179 g/mol. The van der Waals surface area contributed by atoms with Gasteiger partial charge in [-0.05, 0) is 38.3 Å². The predicted octanol–water partition coefficient (Wildman–Crippen LogP) is 1.42. The molecule has 0 spiro atoms. The Morgan fingerprint density at radius 1 is 1.54 bits per heavy atom. The fourth-order valence-corrected chi connectivity index (χ4v) is 1.94. The number of rotatable bonds is 4. The molecule has 0 aromatic carbocycles. The number of hydrogen-bond donors (Lipinski definition) is 1. The quantitative estimate of drug-likeness (QED) is 0.757. The molecule has 1 aromatic heterocycles. The largest absolute Gasteiger partial charge is 0.314 e. The first-order valence-electron chi connectivity index (χ1n) is 5.16. The second-order valence-corrected chi connectivity index (χ2v) is 3.70. The zero-order valence-corrected chi connectivity index (χ0v) is 7.95. The van der Waals surface area contributed by atoms with Gasteiger partial charge in [-0.2, -0.15) is 5.10 Å². The van der Waals surface area contributed by atoms with Crippen molar-refractivity contribution < 1.29 is 0 Å². The van der Waals surface area contributed by atoms with E-state index in [1.54, 1.807) is 0 Å². The van der Waals surface area contributed by atoms with Crippen LogP contribution in [-0.4, -0.2) is 22.4 Å². The number of nitrogens with one attached hydrogen (secondary N) is 1. The van der Waals surface area contributed by atoms with Gasteiger partial charge < -0.3 is 5.32 Å². The molecule has 1 N–H and O–H groups in total. The van der Waals surface area contributed by atoms with E-state index in [1.807, 2.05) is 23.1 Å². The molecule has 1 aliphatic heterocycles. The van der Waals surface area contributed by atoms with E-state index in [0.717, 1.165) is 12.6 Å². The van der Waals surface area contributed by atoms with Crippen molar-refractivity contribution in [2.45, 2.75) is 38.3 Å². The Morgan fingerprint density at radius 3 is 3.23 bits per heavy atom. The number of hydrogen-bond acceptors (Lipinski definition) is 2. The van der Waals surface area contributed by atoms with Gasteiger partial charge in [-0.3, -0.25) is 4.68 Å². The van der Waals surface area contributed by atoms with Crippen LogP contribution in [0, 0.1) is 0 Å². The van der Waals surface area contributed by atoms with Crippen LogP contribution in [-0.2, 0) is 6.54 Å². The molecule has 2 rings (SSSR count). The lowest BCUT2D eigenvalue weighted by Crippen LogP contribution is -2.21. The number of nitrogens with zero attached hydrogens (tertiary/aromatic N) is 2. The topological polar surface area (TPSA) is 29.9 Å². The van der Waals surface area contributed by atoms with Crippen LogP contribution in [0.15, 0.2) is 18.5 Å².